The summed E-state index contributed by atoms with van der Waals surface area (Å²) in [5.74, 6) is -0.526. The molecule has 1 aliphatic heterocycles. The van der Waals surface area contributed by atoms with Gasteiger partial charge in [-0.25, -0.2) is 9.18 Å². The van der Waals surface area contributed by atoms with Gasteiger partial charge in [0.05, 0.1) is 11.3 Å². The van der Waals surface area contributed by atoms with Crippen LogP contribution in [-0.4, -0.2) is 42.3 Å². The molecule has 0 bridgehead atoms. The Morgan fingerprint density at radius 3 is 2.45 bits per heavy atom. The number of nitrogens with zero attached hydrogens (tertiary/aromatic N) is 2. The molecule has 2 aromatic carbocycles. The largest absolute Gasteiger partial charge is 0.465 e. The Balaban J connectivity index is 2.00. The van der Waals surface area contributed by atoms with Crippen LogP contribution in [0.15, 0.2) is 42.5 Å². The second kappa shape index (κ2) is 8.41. The van der Waals surface area contributed by atoms with E-state index in [4.69, 9.17) is 0 Å². The molecular formula is C21H22F4N2O2. The maximum absolute atomic E-state index is 13.3. The maximum Gasteiger partial charge on any atom is 0.416 e. The molecule has 1 amide bonds. The van der Waals surface area contributed by atoms with Gasteiger partial charge in [0.15, 0.2) is 0 Å². The quantitative estimate of drug-likeness (QED) is 0.664. The summed E-state index contributed by atoms with van der Waals surface area (Å²) in [6.45, 7) is 1.10. The summed E-state index contributed by atoms with van der Waals surface area (Å²) < 4.78 is 53.0. The molecule has 1 saturated heterocycles. The van der Waals surface area contributed by atoms with Crippen molar-refractivity contribution in [3.63, 3.8) is 0 Å². The third-order valence-corrected chi connectivity index (χ3v) is 5.36. The highest BCUT2D eigenvalue weighted by Gasteiger charge is 2.32. The van der Waals surface area contributed by atoms with Crippen molar-refractivity contribution in [3.05, 3.63) is 53.8 Å². The van der Waals surface area contributed by atoms with Crippen LogP contribution in [0.4, 0.5) is 28.0 Å². The summed E-state index contributed by atoms with van der Waals surface area (Å²) >= 11 is 0. The van der Waals surface area contributed by atoms with E-state index >= 15 is 0 Å². The van der Waals surface area contributed by atoms with Crippen LogP contribution in [0.25, 0.3) is 11.1 Å². The SMILES string of the molecule is CN1CCCC1CCN(C(=O)O)c1ccc(C(F)(F)F)cc1-c1ccc(F)cc1. The highest BCUT2D eigenvalue weighted by atomic mass is 19.4. The Kier molecular flexibility index (Phi) is 6.12. The fourth-order valence-corrected chi connectivity index (χ4v) is 3.75. The fraction of sp³-hybridized carbons (Fsp3) is 0.381. The molecule has 156 valence electrons. The van der Waals surface area contributed by atoms with Crippen molar-refractivity contribution in [1.29, 1.82) is 0 Å². The summed E-state index contributed by atoms with van der Waals surface area (Å²) in [6.07, 6.45) is -3.24. The summed E-state index contributed by atoms with van der Waals surface area (Å²) in [5.41, 5.74) is -0.321. The first-order valence-electron chi connectivity index (χ1n) is 9.34. The molecule has 4 nitrogen and oxygen atoms in total. The molecule has 0 aliphatic carbocycles. The number of carboxylic acid groups (broad SMARTS) is 1. The van der Waals surface area contributed by atoms with Crippen molar-refractivity contribution in [2.75, 3.05) is 25.0 Å². The van der Waals surface area contributed by atoms with Gasteiger partial charge in [-0.15, -0.1) is 0 Å². The Hall–Kier alpha value is -2.61. The van der Waals surface area contributed by atoms with Gasteiger partial charge < -0.3 is 10.0 Å². The lowest BCUT2D eigenvalue weighted by molar-refractivity contribution is -0.137. The molecule has 1 fully saturated rings. The number of alkyl halides is 3. The summed E-state index contributed by atoms with van der Waals surface area (Å²) in [5, 5.41) is 9.74. The average molecular weight is 410 g/mol. The number of benzene rings is 2. The average Bonchev–Trinajstić information content (AvgIpc) is 3.06. The van der Waals surface area contributed by atoms with E-state index in [9.17, 15) is 27.5 Å². The lowest BCUT2D eigenvalue weighted by Gasteiger charge is -2.26. The van der Waals surface area contributed by atoms with Crippen LogP contribution in [0.5, 0.6) is 0 Å². The molecular weight excluding hydrogens is 388 g/mol. The van der Waals surface area contributed by atoms with E-state index in [2.05, 4.69) is 4.90 Å². The lowest BCUT2D eigenvalue weighted by Crippen LogP contribution is -2.35. The zero-order valence-corrected chi connectivity index (χ0v) is 15.9. The van der Waals surface area contributed by atoms with E-state index in [0.29, 0.717) is 12.0 Å². The zero-order valence-electron chi connectivity index (χ0n) is 15.9. The van der Waals surface area contributed by atoms with Crippen LogP contribution in [0.3, 0.4) is 0 Å². The number of halogens is 4. The van der Waals surface area contributed by atoms with Gasteiger partial charge in [0.25, 0.3) is 0 Å². The highest BCUT2D eigenvalue weighted by molar-refractivity contribution is 5.93. The Bertz CT molecular complexity index is 868. The molecule has 2 aromatic rings. The van der Waals surface area contributed by atoms with Crippen LogP contribution < -0.4 is 4.90 Å². The first-order valence-corrected chi connectivity index (χ1v) is 9.34. The predicted molar refractivity (Wildman–Crippen MR) is 102 cm³/mol. The Morgan fingerprint density at radius 2 is 1.90 bits per heavy atom. The molecule has 1 atom stereocenters. The van der Waals surface area contributed by atoms with E-state index in [1.165, 1.54) is 18.2 Å². The molecule has 0 aromatic heterocycles. The molecule has 0 spiro atoms. The molecule has 1 aliphatic rings. The Morgan fingerprint density at radius 1 is 1.21 bits per heavy atom. The zero-order chi connectivity index (χ0) is 21.2. The minimum Gasteiger partial charge on any atom is -0.465 e. The molecule has 8 heteroatoms. The van der Waals surface area contributed by atoms with Crippen LogP contribution in [-0.2, 0) is 6.18 Å². The van der Waals surface area contributed by atoms with Gasteiger partial charge in [0, 0.05) is 18.2 Å². The summed E-state index contributed by atoms with van der Waals surface area (Å²) in [4.78, 5) is 15.2. The normalized spacial score (nSPS) is 17.5. The van der Waals surface area contributed by atoms with Crippen LogP contribution in [0.2, 0.25) is 0 Å². The third-order valence-electron chi connectivity index (χ3n) is 5.36. The molecule has 0 radical (unpaired) electrons. The molecule has 0 saturated carbocycles. The van der Waals surface area contributed by atoms with Crippen LogP contribution in [0, 0.1) is 5.82 Å². The topological polar surface area (TPSA) is 43.8 Å². The number of rotatable bonds is 5. The minimum atomic E-state index is -4.58. The number of amides is 1. The maximum atomic E-state index is 13.3. The summed E-state index contributed by atoms with van der Waals surface area (Å²) in [7, 11) is 1.98. The van der Waals surface area contributed by atoms with Gasteiger partial charge in [-0.1, -0.05) is 12.1 Å². The lowest BCUT2D eigenvalue weighted by atomic mass is 9.99. The van der Waals surface area contributed by atoms with Crippen molar-refractivity contribution >= 4 is 11.8 Å². The van der Waals surface area contributed by atoms with E-state index < -0.39 is 23.7 Å². The predicted octanol–water partition coefficient (Wildman–Crippen LogP) is 5.48. The van der Waals surface area contributed by atoms with E-state index in [-0.39, 0.29) is 23.8 Å². The number of hydrogen-bond donors (Lipinski definition) is 1. The fourth-order valence-electron chi connectivity index (χ4n) is 3.75. The van der Waals surface area contributed by atoms with E-state index in [1.807, 2.05) is 7.05 Å². The highest BCUT2D eigenvalue weighted by Crippen LogP contribution is 2.38. The van der Waals surface area contributed by atoms with Crippen molar-refractivity contribution in [2.24, 2.45) is 0 Å². The Labute approximate surface area is 166 Å². The van der Waals surface area contributed by atoms with Gasteiger partial charge in [-0.2, -0.15) is 13.2 Å². The van der Waals surface area contributed by atoms with Crippen molar-refractivity contribution in [3.8, 4) is 11.1 Å². The second-order valence-corrected chi connectivity index (χ2v) is 7.24. The minimum absolute atomic E-state index is 0.0991. The first kappa shape index (κ1) is 21.1. The molecule has 29 heavy (non-hydrogen) atoms. The monoisotopic (exact) mass is 410 g/mol. The molecule has 1 N–H and O–H groups in total. The van der Waals surface area contributed by atoms with E-state index in [0.717, 1.165) is 48.6 Å². The number of hydrogen-bond acceptors (Lipinski definition) is 2. The number of anilines is 1. The summed E-state index contributed by atoms with van der Waals surface area (Å²) in [6, 6.07) is 8.17. The first-order chi connectivity index (χ1) is 13.7. The van der Waals surface area contributed by atoms with Gasteiger partial charge in [-0.05, 0) is 68.8 Å². The van der Waals surface area contributed by atoms with Gasteiger partial charge >= 0.3 is 12.3 Å². The van der Waals surface area contributed by atoms with Gasteiger partial charge in [0.2, 0.25) is 0 Å². The van der Waals surface area contributed by atoms with Crippen LogP contribution in [0.1, 0.15) is 24.8 Å². The van der Waals surface area contributed by atoms with Crippen molar-refractivity contribution in [1.82, 2.24) is 4.90 Å². The van der Waals surface area contributed by atoms with Crippen molar-refractivity contribution < 1.29 is 27.5 Å². The van der Waals surface area contributed by atoms with Crippen LogP contribution >= 0.6 is 0 Å². The van der Waals surface area contributed by atoms with Gasteiger partial charge in [-0.3, -0.25) is 4.90 Å². The molecule has 1 heterocycles. The molecule has 3 rings (SSSR count). The standard InChI is InChI=1S/C21H22F4N2O2/c1-26-11-2-3-17(26)10-12-27(20(28)29)19-9-6-15(21(23,24)25)13-18(19)14-4-7-16(22)8-5-14/h4-9,13,17H,2-3,10-12H2,1H3,(H,28,29). The van der Waals surface area contributed by atoms with Gasteiger partial charge in [0.1, 0.15) is 5.82 Å². The van der Waals surface area contributed by atoms with Crippen molar-refractivity contribution in [2.45, 2.75) is 31.5 Å². The number of likely N-dealkylation sites (tertiary alicyclic amines) is 1. The third kappa shape index (κ3) is 4.87. The second-order valence-electron chi connectivity index (χ2n) is 7.24. The van der Waals surface area contributed by atoms with E-state index in [1.54, 1.807) is 0 Å². The number of carbonyl (C=O) groups is 1. The molecule has 1 unspecified atom stereocenters. The smallest absolute Gasteiger partial charge is 0.416 e.